The first-order valence-corrected chi connectivity index (χ1v) is 17.5. The number of fused-ring (bicyclic) bond motifs is 8. The summed E-state index contributed by atoms with van der Waals surface area (Å²) in [4.78, 5) is 45.3. The summed E-state index contributed by atoms with van der Waals surface area (Å²) in [7, 11) is 0. The van der Waals surface area contributed by atoms with Gasteiger partial charge in [-0.1, -0.05) is 42.5 Å². The Bertz CT molecular complexity index is 1630. The van der Waals surface area contributed by atoms with Gasteiger partial charge in [0.05, 0.1) is 28.2 Å². The van der Waals surface area contributed by atoms with Gasteiger partial charge in [-0.2, -0.15) is 0 Å². The Morgan fingerprint density at radius 1 is 1.18 bits per heavy atom. The molecule has 0 amide bonds. The van der Waals surface area contributed by atoms with Crippen LogP contribution in [0.5, 0.6) is 0 Å². The van der Waals surface area contributed by atoms with E-state index >= 15 is 4.39 Å². The quantitative estimate of drug-likeness (QED) is 0.318. The third kappa shape index (κ3) is 3.66. The first-order valence-electron chi connectivity index (χ1n) is 15.7. The van der Waals surface area contributed by atoms with Crippen LogP contribution in [0.4, 0.5) is 4.39 Å². The van der Waals surface area contributed by atoms with Crippen molar-refractivity contribution in [1.82, 2.24) is 4.98 Å². The molecular weight excluding hydrogens is 602 g/mol. The maximum absolute atomic E-state index is 17.7. The Hall–Kier alpha value is -2.24. The lowest BCUT2D eigenvalue weighted by atomic mass is 9.44. The second-order valence-corrected chi connectivity index (χ2v) is 16.3. The van der Waals surface area contributed by atoms with Crippen LogP contribution in [0.15, 0.2) is 52.4 Å². The zero-order valence-electron chi connectivity index (χ0n) is 24.8. The van der Waals surface area contributed by atoms with Crippen molar-refractivity contribution < 1.29 is 33.4 Å². The Labute approximate surface area is 263 Å². The van der Waals surface area contributed by atoms with E-state index in [9.17, 15) is 19.5 Å². The molecule has 5 aliphatic carbocycles. The van der Waals surface area contributed by atoms with Crippen molar-refractivity contribution >= 4 is 50.7 Å². The Kier molecular flexibility index (Phi) is 6.39. The number of benzene rings is 1. The van der Waals surface area contributed by atoms with Crippen molar-refractivity contribution in [3.63, 3.8) is 0 Å². The highest BCUT2D eigenvalue weighted by Gasteiger charge is 2.81. The summed E-state index contributed by atoms with van der Waals surface area (Å²) in [5.41, 5.74) is -4.26. The second-order valence-electron chi connectivity index (χ2n) is 14.1. The molecule has 1 N–H and O–H groups in total. The van der Waals surface area contributed by atoms with E-state index in [0.717, 1.165) is 23.1 Å². The maximum atomic E-state index is 17.7. The molecule has 1 spiro atoms. The van der Waals surface area contributed by atoms with E-state index in [2.05, 4.69) is 4.98 Å². The lowest BCUT2D eigenvalue weighted by Gasteiger charge is -2.62. The minimum absolute atomic E-state index is 0.0463. The molecule has 10 heteroatoms. The smallest absolute Gasteiger partial charge is 0.234 e. The van der Waals surface area contributed by atoms with E-state index in [1.54, 1.807) is 13.0 Å². The van der Waals surface area contributed by atoms with Crippen LogP contribution in [-0.2, 0) is 23.9 Å². The normalized spacial score (nSPS) is 41.7. The lowest BCUT2D eigenvalue weighted by Crippen LogP contribution is -2.70. The van der Waals surface area contributed by atoms with Crippen LogP contribution < -0.4 is 0 Å². The Morgan fingerprint density at radius 2 is 1.95 bits per heavy atom. The third-order valence-corrected chi connectivity index (χ3v) is 14.2. The van der Waals surface area contributed by atoms with Crippen LogP contribution in [0, 0.1) is 22.7 Å². The number of nitrogens with zero attached hydrogens (tertiary/aromatic N) is 1. The largest absolute Gasteiger partial charge is 0.390 e. The highest BCUT2D eigenvalue weighted by molar-refractivity contribution is 8.01. The summed E-state index contributed by atoms with van der Waals surface area (Å²) < 4.78 is 33.0. The molecule has 7 nitrogen and oxygen atoms in total. The van der Waals surface area contributed by atoms with Crippen molar-refractivity contribution in [1.29, 1.82) is 0 Å². The molecule has 1 aromatic heterocycles. The average Bonchev–Trinajstić information content (AvgIpc) is 3.76. The number of alkyl halides is 1. The first kappa shape index (κ1) is 29.2. The fourth-order valence-corrected chi connectivity index (χ4v) is 11.9. The summed E-state index contributed by atoms with van der Waals surface area (Å²) in [6.45, 7) is 3.69. The molecule has 8 atom stereocenters. The second kappa shape index (κ2) is 9.64. The number of para-hydroxylation sites is 1. The number of carbonyl (C=O) groups excluding carboxylic acids is 3. The van der Waals surface area contributed by atoms with Crippen LogP contribution in [-0.4, -0.2) is 62.5 Å². The number of rotatable bonds is 5. The number of aromatic nitrogens is 1. The zero-order chi connectivity index (χ0) is 30.7. The first-order chi connectivity index (χ1) is 21.0. The molecule has 8 rings (SSSR count). The van der Waals surface area contributed by atoms with E-state index in [0.29, 0.717) is 42.0 Å². The molecule has 232 valence electrons. The highest BCUT2D eigenvalue weighted by Crippen LogP contribution is 2.73. The number of carbonyl (C=O) groups is 3. The summed E-state index contributed by atoms with van der Waals surface area (Å²) in [5.74, 6) is -3.36. The van der Waals surface area contributed by atoms with Gasteiger partial charge < -0.3 is 14.6 Å². The number of Topliss-reactive ketones (excluding diaryl/α,β-unsaturated/α-hetero) is 2. The van der Waals surface area contributed by atoms with E-state index in [1.807, 2.05) is 31.2 Å². The topological polar surface area (TPSA) is 103 Å². The molecular formula is C34H36FNO6S2. The van der Waals surface area contributed by atoms with Gasteiger partial charge in [-0.05, 0) is 75.7 Å². The highest BCUT2D eigenvalue weighted by atomic mass is 32.2. The SMILES string of the molecule is CC12C[C@H](O)[C@@]3(F)C(CCC4=CC(=O)C=CC43C)C1C[C@H]1OC3(CCCC3)O[C@]12C(=O)C(=O)CSc1nc2ccccc2s1. The summed E-state index contributed by atoms with van der Waals surface area (Å²) in [6.07, 6.45) is 6.77. The molecule has 1 aromatic carbocycles. The fraction of sp³-hybridized carbons (Fsp3) is 0.588. The van der Waals surface area contributed by atoms with Crippen molar-refractivity contribution in [2.75, 3.05) is 5.75 Å². The molecule has 1 aliphatic heterocycles. The summed E-state index contributed by atoms with van der Waals surface area (Å²) >= 11 is 2.73. The van der Waals surface area contributed by atoms with Gasteiger partial charge in [0.15, 0.2) is 27.2 Å². The van der Waals surface area contributed by atoms with Gasteiger partial charge >= 0.3 is 0 Å². The Balaban J connectivity index is 1.15. The predicted octanol–water partition coefficient (Wildman–Crippen LogP) is 5.93. The number of thioether (sulfide) groups is 1. The molecule has 1 saturated heterocycles. The van der Waals surface area contributed by atoms with Gasteiger partial charge in [-0.25, -0.2) is 9.37 Å². The molecule has 44 heavy (non-hydrogen) atoms. The number of halogens is 1. The van der Waals surface area contributed by atoms with Crippen LogP contribution in [0.3, 0.4) is 0 Å². The minimum Gasteiger partial charge on any atom is -0.390 e. The minimum atomic E-state index is -2.04. The molecule has 5 fully saturated rings. The Morgan fingerprint density at radius 3 is 2.73 bits per heavy atom. The molecule has 4 unspecified atom stereocenters. The van der Waals surface area contributed by atoms with Gasteiger partial charge in [-0.15, -0.1) is 11.3 Å². The predicted molar refractivity (Wildman–Crippen MR) is 164 cm³/mol. The lowest BCUT2D eigenvalue weighted by molar-refractivity contribution is -0.251. The average molecular weight is 638 g/mol. The van der Waals surface area contributed by atoms with Crippen LogP contribution in [0.2, 0.25) is 0 Å². The van der Waals surface area contributed by atoms with Gasteiger partial charge in [0.25, 0.3) is 0 Å². The standard InChI is InChI=1S/C34H36FNO6S2/c1-30-14-11-20(37)15-19(30)9-10-21-22-16-27-34(42-32(41-27)12-5-6-13-32,31(22,2)17-26(39)33(21,30)35)28(40)24(38)18-43-29-36-23-7-3-4-8-25(23)44-29/h3-4,7-8,11,14-15,21-22,26-27,39H,5-6,9-10,12-13,16-18H2,1-2H3/t21?,22?,26-,27+,30?,31?,33-,34-/m0/s1. The van der Waals surface area contributed by atoms with Crippen molar-refractivity contribution in [3.05, 3.63) is 48.1 Å². The molecule has 2 aromatic rings. The van der Waals surface area contributed by atoms with Gasteiger partial charge in [0.2, 0.25) is 11.6 Å². The van der Waals surface area contributed by atoms with Gasteiger partial charge in [-0.3, -0.25) is 14.4 Å². The molecule has 2 heterocycles. The van der Waals surface area contributed by atoms with Crippen molar-refractivity contribution in [2.45, 2.75) is 98.8 Å². The van der Waals surface area contributed by atoms with E-state index in [-0.39, 0.29) is 23.9 Å². The van der Waals surface area contributed by atoms with Crippen molar-refractivity contribution in [2.24, 2.45) is 22.7 Å². The van der Waals surface area contributed by atoms with E-state index in [4.69, 9.17) is 9.47 Å². The number of hydrogen-bond acceptors (Lipinski definition) is 9. The molecule has 0 bridgehead atoms. The van der Waals surface area contributed by atoms with E-state index < -0.39 is 57.6 Å². The van der Waals surface area contributed by atoms with Crippen LogP contribution in [0.25, 0.3) is 10.2 Å². The number of thiazole rings is 1. The fourth-order valence-electron chi connectivity index (χ4n) is 9.97. The van der Waals surface area contributed by atoms with E-state index in [1.165, 1.54) is 35.3 Å². The van der Waals surface area contributed by atoms with Crippen LogP contribution in [0.1, 0.15) is 65.2 Å². The number of allylic oxidation sites excluding steroid dienone is 4. The summed E-state index contributed by atoms with van der Waals surface area (Å²) in [5, 5.41) is 11.9. The van der Waals surface area contributed by atoms with Crippen molar-refractivity contribution in [3.8, 4) is 0 Å². The third-order valence-electron chi connectivity index (χ3n) is 12.1. The van der Waals surface area contributed by atoms with Gasteiger partial charge in [0, 0.05) is 29.6 Å². The summed E-state index contributed by atoms with van der Waals surface area (Å²) in [6, 6.07) is 7.75. The zero-order valence-corrected chi connectivity index (χ0v) is 26.5. The monoisotopic (exact) mass is 637 g/mol. The number of hydrogen-bond donors (Lipinski definition) is 1. The van der Waals surface area contributed by atoms with Crippen LogP contribution >= 0.6 is 23.1 Å². The maximum Gasteiger partial charge on any atom is 0.234 e. The molecule has 6 aliphatic rings. The number of aliphatic hydroxyl groups is 1. The number of ketones is 3. The molecule has 0 radical (unpaired) electrons. The number of aliphatic hydroxyl groups excluding tert-OH is 1. The number of ether oxygens (including phenoxy) is 2. The molecule has 4 saturated carbocycles. The van der Waals surface area contributed by atoms with Gasteiger partial charge in [0.1, 0.15) is 0 Å².